The molecule has 3 aromatic carbocycles. The van der Waals surface area contributed by atoms with E-state index < -0.39 is 39.7 Å². The first-order chi connectivity index (χ1) is 17.4. The Morgan fingerprint density at radius 3 is 2.25 bits per heavy atom. The average Bonchev–Trinajstić information content (AvgIpc) is 2.92. The molecule has 9 heteroatoms. The van der Waals surface area contributed by atoms with Crippen LogP contribution in [0.3, 0.4) is 0 Å². The van der Waals surface area contributed by atoms with Crippen LogP contribution in [0, 0.1) is 27.6 Å². The van der Waals surface area contributed by atoms with E-state index in [0.29, 0.717) is 30.9 Å². The van der Waals surface area contributed by atoms with Crippen molar-refractivity contribution in [1.29, 1.82) is 0 Å². The molecule has 2 aliphatic heterocycles. The number of hydrogen-bond donors (Lipinski definition) is 0. The van der Waals surface area contributed by atoms with E-state index in [1.54, 1.807) is 6.07 Å². The summed E-state index contributed by atoms with van der Waals surface area (Å²) in [6, 6.07) is 10.2. The van der Waals surface area contributed by atoms with Crippen molar-refractivity contribution in [3.8, 4) is 5.75 Å². The van der Waals surface area contributed by atoms with Crippen molar-refractivity contribution in [2.45, 2.75) is 33.8 Å². The molecule has 36 heavy (non-hydrogen) atoms. The van der Waals surface area contributed by atoms with Crippen LogP contribution in [0.1, 0.15) is 44.9 Å². The second-order valence-electron chi connectivity index (χ2n) is 7.59. The summed E-state index contributed by atoms with van der Waals surface area (Å²) in [5.41, 5.74) is 0.576. The first-order valence-corrected chi connectivity index (χ1v) is 12.0. The maximum absolute atomic E-state index is 14.4. The monoisotopic (exact) mass is 502 g/mol. The molecule has 0 N–H and O–H groups in total. The van der Waals surface area contributed by atoms with Crippen molar-refractivity contribution in [2.24, 2.45) is 0 Å². The number of nitro groups is 1. The molecule has 3 aromatic rings. The van der Waals surface area contributed by atoms with Gasteiger partial charge in [-0.1, -0.05) is 39.8 Å². The predicted octanol–water partition coefficient (Wildman–Crippen LogP) is 6.90. The van der Waals surface area contributed by atoms with Crippen molar-refractivity contribution in [2.75, 3.05) is 31.2 Å². The Hall–Kier alpha value is -3.59. The van der Waals surface area contributed by atoms with E-state index in [-0.39, 0.29) is 5.75 Å². The van der Waals surface area contributed by atoms with Crippen LogP contribution in [0.2, 0.25) is 0 Å². The van der Waals surface area contributed by atoms with Gasteiger partial charge in [-0.25, -0.2) is 13.2 Å². The fraction of sp³-hybridized carbons (Fsp3) is 0.333. The zero-order valence-electron chi connectivity index (χ0n) is 20.7. The second-order valence-corrected chi connectivity index (χ2v) is 7.59. The third-order valence-corrected chi connectivity index (χ3v) is 5.72. The highest BCUT2D eigenvalue weighted by molar-refractivity contribution is 5.95. The van der Waals surface area contributed by atoms with Crippen LogP contribution in [0.15, 0.2) is 48.2 Å². The number of anilines is 1. The van der Waals surface area contributed by atoms with E-state index >= 15 is 0 Å². The van der Waals surface area contributed by atoms with Crippen LogP contribution in [0.25, 0.3) is 16.8 Å². The Morgan fingerprint density at radius 1 is 0.917 bits per heavy atom. The lowest BCUT2D eigenvalue weighted by Gasteiger charge is -2.29. The molecule has 5 rings (SSSR count). The standard InChI is InChI=1S/C23H17F3N2O4.2C2H6/c24-18-12-20(26)19(25)10-17(18)23-21(28(29)30)11-16-15-3-2-14(27-5-7-31-8-6-27)9-13(15)1-4-22(16)32-23;2*1-2/h1-4,9-12,23H,5-8H2;2*1-2H3. The summed E-state index contributed by atoms with van der Waals surface area (Å²) in [4.78, 5) is 13.3. The topological polar surface area (TPSA) is 64.8 Å². The molecule has 2 heterocycles. The number of halogens is 3. The van der Waals surface area contributed by atoms with Gasteiger partial charge in [0.15, 0.2) is 11.6 Å². The highest BCUT2D eigenvalue weighted by Gasteiger charge is 2.36. The van der Waals surface area contributed by atoms with E-state index in [1.165, 1.54) is 6.08 Å². The molecule has 1 fully saturated rings. The lowest BCUT2D eigenvalue weighted by Crippen LogP contribution is -2.36. The number of nitrogens with zero attached hydrogens (tertiary/aromatic N) is 2. The summed E-state index contributed by atoms with van der Waals surface area (Å²) in [6.45, 7) is 10.8. The Bertz CT molecular complexity index is 1270. The first kappa shape index (κ1) is 27.0. The van der Waals surface area contributed by atoms with Crippen molar-refractivity contribution < 1.29 is 27.6 Å². The molecule has 0 aliphatic carbocycles. The lowest BCUT2D eigenvalue weighted by atomic mass is 9.96. The molecule has 0 bridgehead atoms. The molecule has 1 saturated heterocycles. The minimum Gasteiger partial charge on any atom is -0.474 e. The van der Waals surface area contributed by atoms with Gasteiger partial charge in [0.25, 0.3) is 5.70 Å². The molecular formula is C27H29F3N2O4. The fourth-order valence-electron chi connectivity index (χ4n) is 4.11. The Morgan fingerprint density at radius 2 is 1.58 bits per heavy atom. The van der Waals surface area contributed by atoms with Gasteiger partial charge < -0.3 is 14.4 Å². The van der Waals surface area contributed by atoms with Crippen LogP contribution in [0.5, 0.6) is 5.75 Å². The molecule has 1 unspecified atom stereocenters. The summed E-state index contributed by atoms with van der Waals surface area (Å²) in [5, 5.41) is 13.3. The van der Waals surface area contributed by atoms with Gasteiger partial charge in [0.05, 0.1) is 18.1 Å². The maximum atomic E-state index is 14.4. The van der Waals surface area contributed by atoms with Crippen molar-refractivity contribution in [1.82, 2.24) is 0 Å². The van der Waals surface area contributed by atoms with Crippen LogP contribution < -0.4 is 9.64 Å². The number of benzene rings is 3. The SMILES string of the molecule is CC.CC.O=[N+]([O-])C1=Cc2c(ccc3cc(N4CCOCC4)ccc23)OC1c1cc(F)c(F)cc1F. The Labute approximate surface area is 208 Å². The predicted molar refractivity (Wildman–Crippen MR) is 134 cm³/mol. The van der Waals surface area contributed by atoms with Gasteiger partial charge in [-0.3, -0.25) is 10.1 Å². The van der Waals surface area contributed by atoms with Gasteiger partial charge >= 0.3 is 0 Å². The summed E-state index contributed by atoms with van der Waals surface area (Å²) >= 11 is 0. The van der Waals surface area contributed by atoms with Crippen LogP contribution in [0.4, 0.5) is 18.9 Å². The van der Waals surface area contributed by atoms with E-state index in [2.05, 4.69) is 4.90 Å². The number of fused-ring (bicyclic) bond motifs is 3. The minimum absolute atomic E-state index is 0.288. The van der Waals surface area contributed by atoms with E-state index in [4.69, 9.17) is 9.47 Å². The van der Waals surface area contributed by atoms with Crippen LogP contribution >= 0.6 is 0 Å². The minimum atomic E-state index is -1.52. The average molecular weight is 503 g/mol. The number of morpholine rings is 1. The van der Waals surface area contributed by atoms with Gasteiger partial charge in [0, 0.05) is 42.0 Å². The molecule has 2 aliphatic rings. The smallest absolute Gasteiger partial charge is 0.291 e. The van der Waals surface area contributed by atoms with E-state index in [1.807, 2.05) is 52.0 Å². The van der Waals surface area contributed by atoms with Gasteiger partial charge in [0.1, 0.15) is 11.6 Å². The molecule has 0 spiro atoms. The molecule has 0 amide bonds. The Balaban J connectivity index is 0.000000861. The van der Waals surface area contributed by atoms with E-state index in [0.717, 1.165) is 29.5 Å². The molecule has 6 nitrogen and oxygen atoms in total. The number of rotatable bonds is 3. The number of hydrogen-bond acceptors (Lipinski definition) is 5. The maximum Gasteiger partial charge on any atom is 0.291 e. The molecule has 1 atom stereocenters. The number of ether oxygens (including phenoxy) is 2. The molecule has 0 aromatic heterocycles. The zero-order valence-corrected chi connectivity index (χ0v) is 20.7. The Kier molecular flexibility index (Phi) is 8.93. The first-order valence-electron chi connectivity index (χ1n) is 12.0. The highest BCUT2D eigenvalue weighted by Crippen LogP contribution is 2.42. The second kappa shape index (κ2) is 11.9. The van der Waals surface area contributed by atoms with Gasteiger partial charge in [-0.15, -0.1) is 0 Å². The summed E-state index contributed by atoms with van der Waals surface area (Å²) < 4.78 is 52.6. The quantitative estimate of drug-likeness (QED) is 0.222. The molecule has 0 saturated carbocycles. The van der Waals surface area contributed by atoms with Crippen molar-refractivity contribution in [3.63, 3.8) is 0 Å². The molecule has 0 radical (unpaired) electrons. The third kappa shape index (κ3) is 5.31. The fourth-order valence-corrected chi connectivity index (χ4v) is 4.11. The van der Waals surface area contributed by atoms with Crippen LogP contribution in [-0.4, -0.2) is 31.2 Å². The van der Waals surface area contributed by atoms with Gasteiger partial charge in [0.2, 0.25) is 6.10 Å². The molecular weight excluding hydrogens is 473 g/mol. The third-order valence-electron chi connectivity index (χ3n) is 5.72. The largest absolute Gasteiger partial charge is 0.474 e. The van der Waals surface area contributed by atoms with Gasteiger partial charge in [-0.2, -0.15) is 0 Å². The normalized spacial score (nSPS) is 16.5. The zero-order chi connectivity index (χ0) is 26.4. The van der Waals surface area contributed by atoms with Crippen LogP contribution in [-0.2, 0) is 4.74 Å². The highest BCUT2D eigenvalue weighted by atomic mass is 19.2. The summed E-state index contributed by atoms with van der Waals surface area (Å²) in [6.07, 6.45) is -0.210. The van der Waals surface area contributed by atoms with Crippen molar-refractivity contribution in [3.05, 3.63) is 86.9 Å². The molecule has 192 valence electrons. The van der Waals surface area contributed by atoms with E-state index in [9.17, 15) is 23.3 Å². The summed E-state index contributed by atoms with van der Waals surface area (Å²) in [5.74, 6) is -3.53. The lowest BCUT2D eigenvalue weighted by molar-refractivity contribution is -0.434. The van der Waals surface area contributed by atoms with Gasteiger partial charge in [-0.05, 0) is 35.0 Å². The summed E-state index contributed by atoms with van der Waals surface area (Å²) in [7, 11) is 0. The van der Waals surface area contributed by atoms with Crippen molar-refractivity contribution >= 4 is 22.5 Å².